The molecule has 17 heavy (non-hydrogen) atoms. The zero-order chi connectivity index (χ0) is 11.8. The van der Waals surface area contributed by atoms with E-state index in [1.165, 1.54) is 0 Å². The molecule has 1 atom stereocenters. The van der Waals surface area contributed by atoms with Crippen LogP contribution in [0.4, 0.5) is 0 Å². The highest BCUT2D eigenvalue weighted by atomic mass is 16.2. The van der Waals surface area contributed by atoms with Gasteiger partial charge in [0.25, 0.3) is 5.91 Å². The normalized spacial score (nSPS) is 22.6. The number of amides is 2. The monoisotopic (exact) mass is 230 g/mol. The molecule has 0 spiro atoms. The molecule has 4 nitrogen and oxygen atoms in total. The van der Waals surface area contributed by atoms with Gasteiger partial charge in [-0.3, -0.25) is 9.59 Å². The average molecular weight is 230 g/mol. The van der Waals surface area contributed by atoms with Crippen molar-refractivity contribution in [2.45, 2.75) is 24.8 Å². The fourth-order valence-electron chi connectivity index (χ4n) is 2.17. The summed E-state index contributed by atoms with van der Waals surface area (Å²) in [5.74, 6) is -0.305. The van der Waals surface area contributed by atoms with Crippen molar-refractivity contribution in [3.63, 3.8) is 0 Å². The fraction of sp³-hybridized carbons (Fsp3) is 0.385. The molecule has 1 heterocycles. The van der Waals surface area contributed by atoms with Crippen molar-refractivity contribution >= 4 is 11.8 Å². The van der Waals surface area contributed by atoms with Gasteiger partial charge in [0.1, 0.15) is 0 Å². The summed E-state index contributed by atoms with van der Waals surface area (Å²) in [5.41, 5.74) is 1.46. The average Bonchev–Trinajstić information content (AvgIpc) is 3.14. The molecule has 1 aromatic rings. The lowest BCUT2D eigenvalue weighted by atomic mass is 9.90. The summed E-state index contributed by atoms with van der Waals surface area (Å²) in [6.07, 6.45) is 2.15. The second-order valence-corrected chi connectivity index (χ2v) is 4.63. The van der Waals surface area contributed by atoms with Crippen LogP contribution in [0.2, 0.25) is 0 Å². The minimum Gasteiger partial charge on any atom is -0.353 e. The Kier molecular flexibility index (Phi) is 2.35. The highest BCUT2D eigenvalue weighted by molar-refractivity contribution is 6.00. The maximum Gasteiger partial charge on any atom is 0.251 e. The molecule has 1 aliphatic heterocycles. The topological polar surface area (TPSA) is 58.2 Å². The Morgan fingerprint density at radius 2 is 2.06 bits per heavy atom. The summed E-state index contributed by atoms with van der Waals surface area (Å²) in [6.45, 7) is 0.397. The lowest BCUT2D eigenvalue weighted by Gasteiger charge is -2.24. The third-order valence-electron chi connectivity index (χ3n) is 3.29. The van der Waals surface area contributed by atoms with Gasteiger partial charge >= 0.3 is 0 Å². The number of hydrogen-bond donors (Lipinski definition) is 2. The van der Waals surface area contributed by atoms with Crippen LogP contribution in [0, 0.1) is 0 Å². The van der Waals surface area contributed by atoms with Crippen LogP contribution in [-0.2, 0) is 4.79 Å². The Balaban J connectivity index is 1.88. The molecule has 0 radical (unpaired) electrons. The van der Waals surface area contributed by atoms with E-state index in [1.54, 1.807) is 6.07 Å². The minimum atomic E-state index is -0.246. The van der Waals surface area contributed by atoms with Gasteiger partial charge in [0.15, 0.2) is 0 Å². The summed E-state index contributed by atoms with van der Waals surface area (Å²) >= 11 is 0. The molecule has 88 valence electrons. The Morgan fingerprint density at radius 3 is 2.82 bits per heavy atom. The molecule has 1 aromatic carbocycles. The van der Waals surface area contributed by atoms with E-state index in [-0.39, 0.29) is 17.7 Å². The van der Waals surface area contributed by atoms with Crippen LogP contribution in [0.25, 0.3) is 0 Å². The predicted octanol–water partition coefficient (Wildman–Crippen LogP) is 0.792. The van der Waals surface area contributed by atoms with Crippen LogP contribution in [0.1, 0.15) is 34.7 Å². The lowest BCUT2D eigenvalue weighted by Crippen LogP contribution is -2.42. The van der Waals surface area contributed by atoms with Crippen molar-refractivity contribution in [2.24, 2.45) is 0 Å². The Bertz CT molecular complexity index is 480. The van der Waals surface area contributed by atoms with E-state index >= 15 is 0 Å². The summed E-state index contributed by atoms with van der Waals surface area (Å²) in [4.78, 5) is 23.7. The van der Waals surface area contributed by atoms with Gasteiger partial charge in [-0.2, -0.15) is 0 Å². The van der Waals surface area contributed by atoms with E-state index in [1.807, 2.05) is 18.2 Å². The molecular weight excluding hydrogens is 216 g/mol. The molecule has 1 aliphatic carbocycles. The van der Waals surface area contributed by atoms with E-state index in [9.17, 15) is 9.59 Å². The first-order valence-corrected chi connectivity index (χ1v) is 5.93. The Hall–Kier alpha value is -1.84. The third kappa shape index (κ3) is 1.90. The summed E-state index contributed by atoms with van der Waals surface area (Å²) in [5, 5.41) is 5.75. The van der Waals surface area contributed by atoms with Gasteiger partial charge in [0.05, 0.1) is 5.92 Å². The standard InChI is InChI=1S/C13H14N2O2/c16-12-10-4-2-1-3-9(10)11(7-14-12)13(17)15-8-5-6-8/h1-4,8,11H,5-7H2,(H,14,16)(H,15,17). The van der Waals surface area contributed by atoms with Gasteiger partial charge in [0.2, 0.25) is 5.91 Å². The molecule has 1 saturated carbocycles. The molecule has 1 unspecified atom stereocenters. The Morgan fingerprint density at radius 1 is 1.29 bits per heavy atom. The largest absolute Gasteiger partial charge is 0.353 e. The SMILES string of the molecule is O=C1NCC(C(=O)NC2CC2)c2ccccc21. The number of hydrogen-bond acceptors (Lipinski definition) is 2. The van der Waals surface area contributed by atoms with Gasteiger partial charge in [-0.25, -0.2) is 0 Å². The first-order chi connectivity index (χ1) is 8.25. The van der Waals surface area contributed by atoms with E-state index in [0.717, 1.165) is 18.4 Å². The predicted molar refractivity (Wildman–Crippen MR) is 62.7 cm³/mol. The van der Waals surface area contributed by atoms with E-state index in [2.05, 4.69) is 10.6 Å². The lowest BCUT2D eigenvalue weighted by molar-refractivity contribution is -0.122. The van der Waals surface area contributed by atoms with Crippen LogP contribution >= 0.6 is 0 Å². The maximum absolute atomic E-state index is 12.1. The molecule has 0 bridgehead atoms. The molecule has 2 aliphatic rings. The first kappa shape index (κ1) is 10.3. The second kappa shape index (κ2) is 3.87. The molecule has 2 N–H and O–H groups in total. The van der Waals surface area contributed by atoms with Crippen molar-refractivity contribution in [1.82, 2.24) is 10.6 Å². The molecule has 0 aromatic heterocycles. The van der Waals surface area contributed by atoms with E-state index in [0.29, 0.717) is 18.2 Å². The van der Waals surface area contributed by atoms with Crippen LogP contribution in [0.5, 0.6) is 0 Å². The van der Waals surface area contributed by atoms with Gasteiger partial charge in [-0.1, -0.05) is 18.2 Å². The number of carbonyl (C=O) groups is 2. The quantitative estimate of drug-likeness (QED) is 0.789. The first-order valence-electron chi connectivity index (χ1n) is 5.93. The molecule has 4 heteroatoms. The van der Waals surface area contributed by atoms with Crippen LogP contribution in [0.15, 0.2) is 24.3 Å². The van der Waals surface area contributed by atoms with Crippen LogP contribution < -0.4 is 10.6 Å². The number of nitrogens with one attached hydrogen (secondary N) is 2. The molecule has 2 amide bonds. The number of fused-ring (bicyclic) bond motifs is 1. The van der Waals surface area contributed by atoms with Gasteiger partial charge in [0, 0.05) is 18.2 Å². The molecule has 3 rings (SSSR count). The van der Waals surface area contributed by atoms with Crippen molar-refractivity contribution in [2.75, 3.05) is 6.54 Å². The van der Waals surface area contributed by atoms with Crippen molar-refractivity contribution < 1.29 is 9.59 Å². The zero-order valence-electron chi connectivity index (χ0n) is 9.40. The summed E-state index contributed by atoms with van der Waals surface area (Å²) in [6, 6.07) is 7.67. The summed E-state index contributed by atoms with van der Waals surface area (Å²) < 4.78 is 0. The number of rotatable bonds is 2. The minimum absolute atomic E-state index is 0.0277. The van der Waals surface area contributed by atoms with Crippen molar-refractivity contribution in [1.29, 1.82) is 0 Å². The smallest absolute Gasteiger partial charge is 0.251 e. The fourth-order valence-corrected chi connectivity index (χ4v) is 2.17. The molecule has 0 saturated heterocycles. The highest BCUT2D eigenvalue weighted by Crippen LogP contribution is 2.26. The van der Waals surface area contributed by atoms with Crippen molar-refractivity contribution in [3.05, 3.63) is 35.4 Å². The van der Waals surface area contributed by atoms with Crippen LogP contribution in [-0.4, -0.2) is 24.4 Å². The third-order valence-corrected chi connectivity index (χ3v) is 3.29. The highest BCUT2D eigenvalue weighted by Gasteiger charge is 2.33. The van der Waals surface area contributed by atoms with Gasteiger partial charge < -0.3 is 10.6 Å². The van der Waals surface area contributed by atoms with E-state index in [4.69, 9.17) is 0 Å². The maximum atomic E-state index is 12.1. The zero-order valence-corrected chi connectivity index (χ0v) is 9.40. The van der Waals surface area contributed by atoms with Gasteiger partial charge in [-0.15, -0.1) is 0 Å². The Labute approximate surface area is 99.4 Å². The number of carbonyl (C=O) groups excluding carboxylic acids is 2. The second-order valence-electron chi connectivity index (χ2n) is 4.63. The number of benzene rings is 1. The van der Waals surface area contributed by atoms with Crippen molar-refractivity contribution in [3.8, 4) is 0 Å². The summed E-state index contributed by atoms with van der Waals surface area (Å²) in [7, 11) is 0. The van der Waals surface area contributed by atoms with Gasteiger partial charge in [-0.05, 0) is 24.5 Å². The van der Waals surface area contributed by atoms with E-state index < -0.39 is 0 Å². The molecule has 1 fully saturated rings. The molecular formula is C13H14N2O2. The van der Waals surface area contributed by atoms with Crippen LogP contribution in [0.3, 0.4) is 0 Å².